The van der Waals surface area contributed by atoms with E-state index in [2.05, 4.69) is 10.0 Å². The van der Waals surface area contributed by atoms with Gasteiger partial charge in [-0.1, -0.05) is 23.6 Å². The van der Waals surface area contributed by atoms with Crippen LogP contribution in [-0.2, 0) is 10.0 Å². The molecule has 2 N–H and O–H groups in total. The third-order valence-electron chi connectivity index (χ3n) is 6.68. The zero-order valence-electron chi connectivity index (χ0n) is 17.8. The topological polar surface area (TPSA) is 75.3 Å². The van der Waals surface area contributed by atoms with Gasteiger partial charge in [0.15, 0.2) is 0 Å². The maximum absolute atomic E-state index is 12.8. The summed E-state index contributed by atoms with van der Waals surface area (Å²) in [7, 11) is -3.59. The van der Waals surface area contributed by atoms with Crippen molar-refractivity contribution in [3.8, 4) is 0 Å². The van der Waals surface area contributed by atoms with Gasteiger partial charge in [0.1, 0.15) is 0 Å². The Labute approximate surface area is 179 Å². The van der Waals surface area contributed by atoms with Crippen molar-refractivity contribution in [2.24, 2.45) is 17.8 Å². The number of sulfonamides is 1. The predicted molar refractivity (Wildman–Crippen MR) is 119 cm³/mol. The number of anilines is 1. The molecule has 30 heavy (non-hydrogen) atoms. The molecule has 2 fully saturated rings. The number of hydrogen-bond donors (Lipinski definition) is 2. The highest BCUT2D eigenvalue weighted by molar-refractivity contribution is 7.89. The summed E-state index contributed by atoms with van der Waals surface area (Å²) < 4.78 is 28.6. The Hall–Kier alpha value is -2.18. The lowest BCUT2D eigenvalue weighted by molar-refractivity contribution is 0.102. The quantitative estimate of drug-likeness (QED) is 0.705. The van der Waals surface area contributed by atoms with Crippen LogP contribution < -0.4 is 10.0 Å². The van der Waals surface area contributed by atoms with E-state index in [0.717, 1.165) is 23.5 Å². The number of rotatable bonds is 6. The van der Waals surface area contributed by atoms with Gasteiger partial charge in [-0.2, -0.15) is 0 Å². The lowest BCUT2D eigenvalue weighted by Gasteiger charge is -2.28. The average Bonchev–Trinajstić information content (AvgIpc) is 3.31. The molecule has 0 heterocycles. The van der Waals surface area contributed by atoms with E-state index in [9.17, 15) is 13.2 Å². The highest BCUT2D eigenvalue weighted by atomic mass is 32.2. The molecule has 2 bridgehead atoms. The normalized spacial score (nSPS) is 24.0. The molecule has 5 nitrogen and oxygen atoms in total. The first kappa shape index (κ1) is 21.1. The maximum Gasteiger partial charge on any atom is 0.255 e. The Kier molecular flexibility index (Phi) is 5.73. The molecule has 2 aliphatic carbocycles. The zero-order valence-corrected chi connectivity index (χ0v) is 18.6. The molecule has 2 aliphatic rings. The van der Waals surface area contributed by atoms with Crippen LogP contribution in [0.1, 0.15) is 54.1 Å². The summed E-state index contributed by atoms with van der Waals surface area (Å²) >= 11 is 0. The molecule has 0 aromatic heterocycles. The van der Waals surface area contributed by atoms with Crippen molar-refractivity contribution >= 4 is 21.6 Å². The van der Waals surface area contributed by atoms with Gasteiger partial charge in [0.05, 0.1) is 4.90 Å². The summed E-state index contributed by atoms with van der Waals surface area (Å²) in [6.07, 6.45) is 4.93. The van der Waals surface area contributed by atoms with Crippen molar-refractivity contribution in [2.45, 2.75) is 57.4 Å². The molecule has 0 saturated heterocycles. The van der Waals surface area contributed by atoms with Crippen LogP contribution in [0.5, 0.6) is 0 Å². The lowest BCUT2D eigenvalue weighted by Crippen LogP contribution is -2.40. The van der Waals surface area contributed by atoms with Gasteiger partial charge in [-0.05, 0) is 94.2 Å². The van der Waals surface area contributed by atoms with Crippen molar-refractivity contribution in [2.75, 3.05) is 5.32 Å². The molecule has 0 radical (unpaired) electrons. The number of amides is 1. The van der Waals surface area contributed by atoms with Crippen LogP contribution in [0.15, 0.2) is 47.4 Å². The maximum atomic E-state index is 12.8. The van der Waals surface area contributed by atoms with Gasteiger partial charge in [0.25, 0.3) is 5.91 Å². The summed E-state index contributed by atoms with van der Waals surface area (Å²) in [5, 5.41) is 2.84. The molecular weight excluding hydrogens is 396 g/mol. The Morgan fingerprint density at radius 2 is 1.67 bits per heavy atom. The summed E-state index contributed by atoms with van der Waals surface area (Å²) in [5.74, 6) is 1.68. The predicted octanol–water partition coefficient (Wildman–Crippen LogP) is 4.66. The SMILES string of the molecule is Cc1cc(C)cc(C(=O)Nc2ccc(S(=O)(=O)NC(C)C3CC4CCC3C4)cc2)c1. The summed E-state index contributed by atoms with van der Waals surface area (Å²) in [6, 6.07) is 12.0. The molecule has 0 aliphatic heterocycles. The monoisotopic (exact) mass is 426 g/mol. The second-order valence-electron chi connectivity index (χ2n) is 9.10. The minimum Gasteiger partial charge on any atom is -0.322 e. The Bertz CT molecular complexity index is 1030. The van der Waals surface area contributed by atoms with E-state index in [1.54, 1.807) is 24.3 Å². The minimum absolute atomic E-state index is 0.0609. The molecule has 4 atom stereocenters. The van der Waals surface area contributed by atoms with Crippen molar-refractivity contribution in [3.63, 3.8) is 0 Å². The molecule has 6 heteroatoms. The second-order valence-corrected chi connectivity index (χ2v) is 10.8. The Morgan fingerprint density at radius 3 is 2.23 bits per heavy atom. The van der Waals surface area contributed by atoms with E-state index in [0.29, 0.717) is 23.1 Å². The first-order valence-corrected chi connectivity index (χ1v) is 12.2. The molecule has 2 aromatic rings. The van der Waals surface area contributed by atoms with Gasteiger partial charge >= 0.3 is 0 Å². The van der Waals surface area contributed by atoms with E-state index in [1.165, 1.54) is 19.3 Å². The standard InChI is InChI=1S/C24H30N2O3S/c1-15-10-16(2)12-20(11-15)24(27)25-21-6-8-22(9-7-21)30(28,29)26-17(3)23-14-18-4-5-19(23)13-18/h6-12,17-19,23,26H,4-5,13-14H2,1-3H3,(H,25,27). The molecule has 0 spiro atoms. The van der Waals surface area contributed by atoms with Gasteiger partial charge in [0.2, 0.25) is 10.0 Å². The molecule has 1 amide bonds. The van der Waals surface area contributed by atoms with Crippen LogP contribution in [0.25, 0.3) is 0 Å². The largest absolute Gasteiger partial charge is 0.322 e. The van der Waals surface area contributed by atoms with Crippen molar-refractivity contribution in [1.82, 2.24) is 4.72 Å². The van der Waals surface area contributed by atoms with E-state index in [1.807, 2.05) is 39.0 Å². The van der Waals surface area contributed by atoms with Gasteiger partial charge in [0, 0.05) is 17.3 Å². The zero-order chi connectivity index (χ0) is 21.5. The molecule has 2 aromatic carbocycles. The number of benzene rings is 2. The first-order chi connectivity index (χ1) is 14.2. The van der Waals surface area contributed by atoms with Crippen LogP contribution in [0.4, 0.5) is 5.69 Å². The third-order valence-corrected chi connectivity index (χ3v) is 8.26. The number of nitrogens with one attached hydrogen (secondary N) is 2. The number of hydrogen-bond acceptors (Lipinski definition) is 3. The van der Waals surface area contributed by atoms with Crippen molar-refractivity contribution in [1.29, 1.82) is 0 Å². The fourth-order valence-corrected chi connectivity index (χ4v) is 6.63. The summed E-state index contributed by atoms with van der Waals surface area (Å²) in [4.78, 5) is 12.7. The second kappa shape index (κ2) is 8.16. The van der Waals surface area contributed by atoms with Gasteiger partial charge < -0.3 is 5.32 Å². The summed E-state index contributed by atoms with van der Waals surface area (Å²) in [5.41, 5.74) is 3.21. The van der Waals surface area contributed by atoms with Crippen LogP contribution in [0.3, 0.4) is 0 Å². The Balaban J connectivity index is 1.41. The molecule has 2 saturated carbocycles. The third kappa shape index (κ3) is 4.44. The first-order valence-electron chi connectivity index (χ1n) is 10.7. The fraction of sp³-hybridized carbons (Fsp3) is 0.458. The van der Waals surface area contributed by atoms with E-state index >= 15 is 0 Å². The molecule has 160 valence electrons. The molecule has 4 unspecified atom stereocenters. The van der Waals surface area contributed by atoms with Crippen molar-refractivity contribution < 1.29 is 13.2 Å². The van der Waals surface area contributed by atoms with E-state index in [4.69, 9.17) is 0 Å². The number of carbonyl (C=O) groups excluding carboxylic acids is 1. The fourth-order valence-electron chi connectivity index (χ4n) is 5.33. The van der Waals surface area contributed by atoms with Crippen molar-refractivity contribution in [3.05, 3.63) is 59.2 Å². The summed E-state index contributed by atoms with van der Waals surface area (Å²) in [6.45, 7) is 5.89. The van der Waals surface area contributed by atoms with Crippen LogP contribution >= 0.6 is 0 Å². The van der Waals surface area contributed by atoms with Gasteiger partial charge in [-0.3, -0.25) is 4.79 Å². The number of carbonyl (C=O) groups is 1. The lowest BCUT2D eigenvalue weighted by atomic mass is 9.84. The minimum atomic E-state index is -3.59. The average molecular weight is 427 g/mol. The van der Waals surface area contributed by atoms with E-state index in [-0.39, 0.29) is 16.8 Å². The smallest absolute Gasteiger partial charge is 0.255 e. The van der Waals surface area contributed by atoms with Crippen LogP contribution in [-0.4, -0.2) is 20.4 Å². The highest BCUT2D eigenvalue weighted by Crippen LogP contribution is 2.49. The van der Waals surface area contributed by atoms with Gasteiger partial charge in [-0.25, -0.2) is 13.1 Å². The molecular formula is C24H30N2O3S. The number of aryl methyl sites for hydroxylation is 2. The number of fused-ring (bicyclic) bond motifs is 2. The highest BCUT2D eigenvalue weighted by Gasteiger charge is 2.42. The van der Waals surface area contributed by atoms with Crippen LogP contribution in [0.2, 0.25) is 0 Å². The van der Waals surface area contributed by atoms with Gasteiger partial charge in [-0.15, -0.1) is 0 Å². The Morgan fingerprint density at radius 1 is 1.00 bits per heavy atom. The van der Waals surface area contributed by atoms with E-state index < -0.39 is 10.0 Å². The molecule has 4 rings (SSSR count). The van der Waals surface area contributed by atoms with Crippen LogP contribution in [0, 0.1) is 31.6 Å².